The Kier molecular flexibility index (Phi) is 3.69. The monoisotopic (exact) mass is 272 g/mol. The average molecular weight is 272 g/mol. The number of rotatable bonds is 6. The van der Waals surface area contributed by atoms with Crippen molar-refractivity contribution in [3.05, 3.63) is 24.3 Å². The Labute approximate surface area is 118 Å². The molecule has 2 aromatic rings. The summed E-state index contributed by atoms with van der Waals surface area (Å²) in [5.41, 5.74) is 0.942. The van der Waals surface area contributed by atoms with E-state index in [1.165, 1.54) is 12.8 Å². The number of anilines is 2. The van der Waals surface area contributed by atoms with Crippen LogP contribution >= 0.6 is 0 Å². The predicted molar refractivity (Wildman–Crippen MR) is 81.2 cm³/mol. The summed E-state index contributed by atoms with van der Waals surface area (Å²) in [7, 11) is 0. The van der Waals surface area contributed by atoms with Gasteiger partial charge in [-0.1, -0.05) is 12.1 Å². The molecule has 1 saturated carbocycles. The second kappa shape index (κ2) is 5.63. The largest absolute Gasteiger partial charge is 0.395 e. The zero-order valence-electron chi connectivity index (χ0n) is 11.7. The molecule has 1 fully saturated rings. The van der Waals surface area contributed by atoms with Gasteiger partial charge in [0.1, 0.15) is 5.82 Å². The topological polar surface area (TPSA) is 61.3 Å². The van der Waals surface area contributed by atoms with Crippen LogP contribution in [0.25, 0.3) is 10.9 Å². The standard InChI is InChI=1S/C15H20N4O/c1-2-16-15-17-13-6-4-3-5-12(13)14(18-15)19(9-10-20)11-7-8-11/h3-6,11,20H,2,7-10H2,1H3,(H,16,17,18). The van der Waals surface area contributed by atoms with Crippen molar-refractivity contribution < 1.29 is 5.11 Å². The van der Waals surface area contributed by atoms with E-state index in [0.717, 1.165) is 23.3 Å². The van der Waals surface area contributed by atoms with Gasteiger partial charge in [0, 0.05) is 24.5 Å². The van der Waals surface area contributed by atoms with Crippen molar-refractivity contribution in [1.82, 2.24) is 9.97 Å². The fourth-order valence-electron chi connectivity index (χ4n) is 2.47. The molecule has 20 heavy (non-hydrogen) atoms. The van der Waals surface area contributed by atoms with E-state index in [0.29, 0.717) is 18.5 Å². The minimum atomic E-state index is 0.144. The molecule has 0 saturated heterocycles. The van der Waals surface area contributed by atoms with Gasteiger partial charge in [0.2, 0.25) is 5.95 Å². The Morgan fingerprint density at radius 2 is 2.10 bits per heavy atom. The molecule has 0 atom stereocenters. The molecule has 0 bridgehead atoms. The van der Waals surface area contributed by atoms with Crippen LogP contribution in [0.2, 0.25) is 0 Å². The summed E-state index contributed by atoms with van der Waals surface area (Å²) < 4.78 is 0. The Morgan fingerprint density at radius 3 is 2.80 bits per heavy atom. The second-order valence-corrected chi connectivity index (χ2v) is 5.07. The molecule has 0 aliphatic heterocycles. The minimum absolute atomic E-state index is 0.144. The van der Waals surface area contributed by atoms with Gasteiger partial charge < -0.3 is 15.3 Å². The Balaban J connectivity index is 2.10. The summed E-state index contributed by atoms with van der Waals surface area (Å²) in [5.74, 6) is 1.59. The molecule has 1 aliphatic rings. The predicted octanol–water partition coefficient (Wildman–Crippen LogP) is 2.02. The Morgan fingerprint density at radius 1 is 1.30 bits per heavy atom. The minimum Gasteiger partial charge on any atom is -0.395 e. The van der Waals surface area contributed by atoms with Crippen LogP contribution < -0.4 is 10.2 Å². The first-order chi connectivity index (χ1) is 9.83. The highest BCUT2D eigenvalue weighted by molar-refractivity contribution is 5.90. The van der Waals surface area contributed by atoms with Crippen molar-refractivity contribution in [1.29, 1.82) is 0 Å². The third kappa shape index (κ3) is 2.54. The third-order valence-electron chi connectivity index (χ3n) is 3.52. The SMILES string of the molecule is CCNc1nc(N(CCO)C2CC2)c2ccccc2n1. The Bertz CT molecular complexity index is 597. The van der Waals surface area contributed by atoms with E-state index in [2.05, 4.69) is 20.2 Å². The lowest BCUT2D eigenvalue weighted by Crippen LogP contribution is -2.30. The first-order valence-corrected chi connectivity index (χ1v) is 7.21. The van der Waals surface area contributed by atoms with Gasteiger partial charge in [-0.25, -0.2) is 4.98 Å². The molecular weight excluding hydrogens is 252 g/mol. The van der Waals surface area contributed by atoms with Crippen LogP contribution in [0.3, 0.4) is 0 Å². The maximum atomic E-state index is 9.32. The van der Waals surface area contributed by atoms with Crippen LogP contribution in [0, 0.1) is 0 Å². The van der Waals surface area contributed by atoms with E-state index in [1.807, 2.05) is 31.2 Å². The van der Waals surface area contributed by atoms with Crippen LogP contribution in [0.5, 0.6) is 0 Å². The van der Waals surface area contributed by atoms with Gasteiger partial charge in [-0.15, -0.1) is 0 Å². The van der Waals surface area contributed by atoms with Gasteiger partial charge in [-0.05, 0) is 31.9 Å². The third-order valence-corrected chi connectivity index (χ3v) is 3.52. The summed E-state index contributed by atoms with van der Waals surface area (Å²) in [4.78, 5) is 11.4. The first-order valence-electron chi connectivity index (χ1n) is 7.21. The summed E-state index contributed by atoms with van der Waals surface area (Å²) in [6.45, 7) is 3.59. The molecule has 1 heterocycles. The molecular formula is C15H20N4O. The van der Waals surface area contributed by atoms with Crippen LogP contribution in [-0.2, 0) is 0 Å². The number of hydrogen-bond donors (Lipinski definition) is 2. The van der Waals surface area contributed by atoms with Crippen LogP contribution in [-0.4, -0.2) is 40.8 Å². The number of fused-ring (bicyclic) bond motifs is 1. The number of aromatic nitrogens is 2. The summed E-state index contributed by atoms with van der Waals surface area (Å²) in [6.07, 6.45) is 2.35. The molecule has 0 radical (unpaired) electrons. The van der Waals surface area contributed by atoms with E-state index in [9.17, 15) is 5.11 Å². The maximum absolute atomic E-state index is 9.32. The number of aliphatic hydroxyl groups is 1. The van der Waals surface area contributed by atoms with Crippen molar-refractivity contribution in [3.63, 3.8) is 0 Å². The van der Waals surface area contributed by atoms with E-state index in [1.54, 1.807) is 0 Å². The highest BCUT2D eigenvalue weighted by atomic mass is 16.3. The normalized spacial score (nSPS) is 14.5. The molecule has 0 amide bonds. The van der Waals surface area contributed by atoms with Gasteiger partial charge in [0.05, 0.1) is 12.1 Å². The molecule has 1 aromatic carbocycles. The number of para-hydroxylation sites is 1. The summed E-state index contributed by atoms with van der Waals surface area (Å²) >= 11 is 0. The Hall–Kier alpha value is -1.88. The van der Waals surface area contributed by atoms with Crippen molar-refractivity contribution >= 4 is 22.7 Å². The van der Waals surface area contributed by atoms with Crippen molar-refractivity contribution in [2.24, 2.45) is 0 Å². The van der Waals surface area contributed by atoms with Gasteiger partial charge in [-0.2, -0.15) is 4.98 Å². The molecule has 5 heteroatoms. The van der Waals surface area contributed by atoms with Gasteiger partial charge in [-0.3, -0.25) is 0 Å². The number of aliphatic hydroxyl groups excluding tert-OH is 1. The molecule has 106 valence electrons. The number of nitrogens with zero attached hydrogens (tertiary/aromatic N) is 3. The lowest BCUT2D eigenvalue weighted by molar-refractivity contribution is 0.301. The lowest BCUT2D eigenvalue weighted by Gasteiger charge is -2.24. The fourth-order valence-corrected chi connectivity index (χ4v) is 2.47. The van der Waals surface area contributed by atoms with Crippen LogP contribution in [0.15, 0.2) is 24.3 Å². The lowest BCUT2D eigenvalue weighted by atomic mass is 10.2. The highest BCUT2D eigenvalue weighted by Gasteiger charge is 2.31. The molecule has 5 nitrogen and oxygen atoms in total. The van der Waals surface area contributed by atoms with Crippen LogP contribution in [0.1, 0.15) is 19.8 Å². The zero-order chi connectivity index (χ0) is 13.9. The quantitative estimate of drug-likeness (QED) is 0.842. The van der Waals surface area contributed by atoms with Gasteiger partial charge in [0.15, 0.2) is 0 Å². The number of benzene rings is 1. The fraction of sp³-hybridized carbons (Fsp3) is 0.467. The van der Waals surface area contributed by atoms with Gasteiger partial charge in [0.25, 0.3) is 0 Å². The van der Waals surface area contributed by atoms with Crippen molar-refractivity contribution in [2.45, 2.75) is 25.8 Å². The molecule has 3 rings (SSSR count). The molecule has 0 spiro atoms. The number of nitrogens with one attached hydrogen (secondary N) is 1. The summed E-state index contributed by atoms with van der Waals surface area (Å²) in [6, 6.07) is 8.56. The van der Waals surface area contributed by atoms with Gasteiger partial charge >= 0.3 is 0 Å². The van der Waals surface area contributed by atoms with Crippen molar-refractivity contribution in [2.75, 3.05) is 29.9 Å². The number of hydrogen-bond acceptors (Lipinski definition) is 5. The zero-order valence-corrected chi connectivity index (χ0v) is 11.7. The first kappa shape index (κ1) is 13.1. The molecule has 0 unspecified atom stereocenters. The molecule has 1 aliphatic carbocycles. The molecule has 1 aromatic heterocycles. The summed E-state index contributed by atoms with van der Waals surface area (Å²) in [5, 5.41) is 13.6. The second-order valence-electron chi connectivity index (χ2n) is 5.07. The van der Waals surface area contributed by atoms with E-state index >= 15 is 0 Å². The van der Waals surface area contributed by atoms with E-state index in [4.69, 9.17) is 0 Å². The van der Waals surface area contributed by atoms with Crippen LogP contribution in [0.4, 0.5) is 11.8 Å². The molecule has 2 N–H and O–H groups in total. The van der Waals surface area contributed by atoms with E-state index in [-0.39, 0.29) is 6.61 Å². The van der Waals surface area contributed by atoms with Crippen molar-refractivity contribution in [3.8, 4) is 0 Å². The smallest absolute Gasteiger partial charge is 0.225 e. The van der Waals surface area contributed by atoms with E-state index < -0.39 is 0 Å². The average Bonchev–Trinajstić information content (AvgIpc) is 3.29. The highest BCUT2D eigenvalue weighted by Crippen LogP contribution is 2.34. The maximum Gasteiger partial charge on any atom is 0.225 e.